The van der Waals surface area contributed by atoms with Crippen LogP contribution in [-0.2, 0) is 4.79 Å². The lowest BCUT2D eigenvalue weighted by Crippen LogP contribution is -2.30. The summed E-state index contributed by atoms with van der Waals surface area (Å²) in [6.45, 7) is 5.08. The van der Waals surface area contributed by atoms with Gasteiger partial charge in [0.1, 0.15) is 9.17 Å². The summed E-state index contributed by atoms with van der Waals surface area (Å²) in [5.41, 5.74) is 1.24. The van der Waals surface area contributed by atoms with E-state index in [1.54, 1.807) is 0 Å². The number of nitrogens with zero attached hydrogens (tertiary/aromatic N) is 1. The van der Waals surface area contributed by atoms with Crippen LogP contribution in [0.5, 0.6) is 5.75 Å². The first-order valence-electron chi connectivity index (χ1n) is 6.81. The second-order valence-corrected chi connectivity index (χ2v) is 8.36. The Morgan fingerprint density at radius 3 is 2.35 bits per heavy atom. The standard InChI is InChI=1S/C15H20INO3/c1-15(2,16)14(18)20-13-5-3-11(4-6-13)12-7-9-17(19)10-8-12/h3-6,12,19H,7-10H2,1-2H3. The molecule has 1 heterocycles. The van der Waals surface area contributed by atoms with Crippen LogP contribution in [0.15, 0.2) is 24.3 Å². The van der Waals surface area contributed by atoms with E-state index in [-0.39, 0.29) is 5.97 Å². The molecule has 2 rings (SSSR count). The van der Waals surface area contributed by atoms with Crippen LogP contribution in [0.2, 0.25) is 0 Å². The molecule has 110 valence electrons. The van der Waals surface area contributed by atoms with Gasteiger partial charge in [0.05, 0.1) is 0 Å². The number of hydrogen-bond acceptors (Lipinski definition) is 4. The fraction of sp³-hybridized carbons (Fsp3) is 0.533. The number of halogens is 1. The first-order valence-corrected chi connectivity index (χ1v) is 7.89. The molecule has 0 atom stereocenters. The van der Waals surface area contributed by atoms with Crippen molar-refractivity contribution in [1.82, 2.24) is 5.06 Å². The first-order chi connectivity index (χ1) is 9.36. The average molecular weight is 389 g/mol. The number of esters is 1. The molecule has 1 fully saturated rings. The number of rotatable bonds is 3. The molecule has 0 amide bonds. The van der Waals surface area contributed by atoms with Crippen molar-refractivity contribution < 1.29 is 14.7 Å². The van der Waals surface area contributed by atoms with Crippen LogP contribution >= 0.6 is 22.6 Å². The van der Waals surface area contributed by atoms with Gasteiger partial charge in [-0.2, -0.15) is 5.06 Å². The largest absolute Gasteiger partial charge is 0.426 e. The summed E-state index contributed by atoms with van der Waals surface area (Å²) < 4.78 is 4.82. The molecule has 1 N–H and O–H groups in total. The van der Waals surface area contributed by atoms with Gasteiger partial charge in [-0.15, -0.1) is 0 Å². The number of ether oxygens (including phenoxy) is 1. The Morgan fingerprint density at radius 1 is 1.30 bits per heavy atom. The predicted octanol–water partition coefficient (Wildman–Crippen LogP) is 3.37. The van der Waals surface area contributed by atoms with Gasteiger partial charge in [0.2, 0.25) is 0 Å². The maximum atomic E-state index is 11.8. The second kappa shape index (κ2) is 6.41. The van der Waals surface area contributed by atoms with Crippen molar-refractivity contribution >= 4 is 28.6 Å². The smallest absolute Gasteiger partial charge is 0.326 e. The molecule has 1 aliphatic rings. The minimum atomic E-state index is -0.523. The molecule has 0 saturated carbocycles. The molecule has 0 radical (unpaired) electrons. The summed E-state index contributed by atoms with van der Waals surface area (Å²) >= 11 is 2.07. The monoisotopic (exact) mass is 389 g/mol. The molecule has 0 aliphatic carbocycles. The zero-order valence-electron chi connectivity index (χ0n) is 11.8. The molecule has 0 spiro atoms. The Kier molecular flexibility index (Phi) is 5.04. The molecule has 1 aromatic rings. The van der Waals surface area contributed by atoms with Crippen molar-refractivity contribution in [3.63, 3.8) is 0 Å². The van der Waals surface area contributed by atoms with E-state index in [1.807, 2.05) is 38.1 Å². The topological polar surface area (TPSA) is 49.8 Å². The molecule has 1 aliphatic heterocycles. The van der Waals surface area contributed by atoms with E-state index in [2.05, 4.69) is 22.6 Å². The fourth-order valence-electron chi connectivity index (χ4n) is 2.24. The molecule has 0 unspecified atom stereocenters. The van der Waals surface area contributed by atoms with Gasteiger partial charge in [-0.05, 0) is 50.3 Å². The Bertz CT molecular complexity index is 459. The normalized spacial score (nSPS) is 18.0. The van der Waals surface area contributed by atoms with Crippen molar-refractivity contribution in [2.24, 2.45) is 0 Å². The minimum absolute atomic E-state index is 0.237. The van der Waals surface area contributed by atoms with Crippen molar-refractivity contribution in [3.8, 4) is 5.75 Å². The fourth-order valence-corrected chi connectivity index (χ4v) is 2.35. The number of carbonyl (C=O) groups is 1. The van der Waals surface area contributed by atoms with Crippen LogP contribution in [0.1, 0.15) is 38.2 Å². The van der Waals surface area contributed by atoms with Gasteiger partial charge in [-0.1, -0.05) is 34.7 Å². The summed E-state index contributed by atoms with van der Waals surface area (Å²) in [6, 6.07) is 7.73. The Morgan fingerprint density at radius 2 is 1.85 bits per heavy atom. The van der Waals surface area contributed by atoms with Crippen LogP contribution < -0.4 is 4.74 Å². The van der Waals surface area contributed by atoms with Crippen LogP contribution in [0.4, 0.5) is 0 Å². The molecular weight excluding hydrogens is 369 g/mol. The molecule has 20 heavy (non-hydrogen) atoms. The zero-order valence-corrected chi connectivity index (χ0v) is 14.0. The lowest BCUT2D eigenvalue weighted by atomic mass is 9.90. The van der Waals surface area contributed by atoms with E-state index < -0.39 is 3.42 Å². The molecule has 0 aromatic heterocycles. The zero-order chi connectivity index (χ0) is 14.8. The minimum Gasteiger partial charge on any atom is -0.426 e. The van der Waals surface area contributed by atoms with E-state index in [4.69, 9.17) is 4.74 Å². The highest BCUT2D eigenvalue weighted by Gasteiger charge is 2.26. The third kappa shape index (κ3) is 4.17. The van der Waals surface area contributed by atoms with E-state index in [9.17, 15) is 10.0 Å². The third-order valence-corrected chi connectivity index (χ3v) is 3.96. The van der Waals surface area contributed by atoms with E-state index in [0.29, 0.717) is 24.8 Å². The van der Waals surface area contributed by atoms with E-state index in [0.717, 1.165) is 12.8 Å². The van der Waals surface area contributed by atoms with Crippen molar-refractivity contribution in [1.29, 1.82) is 0 Å². The van der Waals surface area contributed by atoms with Crippen LogP contribution in [0.3, 0.4) is 0 Å². The van der Waals surface area contributed by atoms with Gasteiger partial charge in [-0.25, -0.2) is 0 Å². The molecule has 5 heteroatoms. The van der Waals surface area contributed by atoms with Crippen molar-refractivity contribution in [2.75, 3.05) is 13.1 Å². The number of carbonyl (C=O) groups excluding carboxylic acids is 1. The van der Waals surface area contributed by atoms with Crippen molar-refractivity contribution in [2.45, 2.75) is 36.0 Å². The Hall–Kier alpha value is -0.660. The maximum Gasteiger partial charge on any atom is 0.326 e. The lowest BCUT2D eigenvalue weighted by molar-refractivity contribution is -0.135. The number of hydroxylamine groups is 2. The summed E-state index contributed by atoms with van der Waals surface area (Å²) in [6.07, 6.45) is 1.91. The second-order valence-electron chi connectivity index (χ2n) is 5.66. The van der Waals surface area contributed by atoms with Gasteiger partial charge in [0.15, 0.2) is 0 Å². The summed E-state index contributed by atoms with van der Waals surface area (Å²) in [5.74, 6) is 0.826. The highest BCUT2D eigenvalue weighted by molar-refractivity contribution is 14.1. The lowest BCUT2D eigenvalue weighted by Gasteiger charge is -2.27. The van der Waals surface area contributed by atoms with Crippen LogP contribution in [0.25, 0.3) is 0 Å². The SMILES string of the molecule is CC(C)(I)C(=O)Oc1ccc(C2CCN(O)CC2)cc1. The maximum absolute atomic E-state index is 11.8. The van der Waals surface area contributed by atoms with Gasteiger partial charge in [0, 0.05) is 13.1 Å². The molecule has 1 aromatic carbocycles. The number of piperidine rings is 1. The molecule has 1 saturated heterocycles. The number of hydrogen-bond donors (Lipinski definition) is 1. The summed E-state index contributed by atoms with van der Waals surface area (Å²) in [5, 5.41) is 10.7. The Labute approximate surface area is 133 Å². The molecule has 0 bridgehead atoms. The van der Waals surface area contributed by atoms with Gasteiger partial charge >= 0.3 is 5.97 Å². The molecular formula is C15H20INO3. The summed E-state index contributed by atoms with van der Waals surface area (Å²) in [7, 11) is 0. The quantitative estimate of drug-likeness (QED) is 0.373. The molecule has 4 nitrogen and oxygen atoms in total. The first kappa shape index (κ1) is 15.7. The number of alkyl halides is 1. The Balaban J connectivity index is 1.98. The van der Waals surface area contributed by atoms with Gasteiger partial charge in [-0.3, -0.25) is 4.79 Å². The summed E-state index contributed by atoms with van der Waals surface area (Å²) in [4.78, 5) is 11.8. The highest BCUT2D eigenvalue weighted by atomic mass is 127. The van der Waals surface area contributed by atoms with Crippen LogP contribution in [0, 0.1) is 0 Å². The van der Waals surface area contributed by atoms with Gasteiger partial charge in [0.25, 0.3) is 0 Å². The third-order valence-electron chi connectivity index (χ3n) is 3.52. The van der Waals surface area contributed by atoms with E-state index in [1.165, 1.54) is 10.6 Å². The number of benzene rings is 1. The average Bonchev–Trinajstić information content (AvgIpc) is 2.39. The van der Waals surface area contributed by atoms with Crippen molar-refractivity contribution in [3.05, 3.63) is 29.8 Å². The van der Waals surface area contributed by atoms with Crippen LogP contribution in [-0.4, -0.2) is 32.8 Å². The highest BCUT2D eigenvalue weighted by Crippen LogP contribution is 2.29. The van der Waals surface area contributed by atoms with Gasteiger partial charge < -0.3 is 9.94 Å². The van der Waals surface area contributed by atoms with E-state index >= 15 is 0 Å². The predicted molar refractivity (Wildman–Crippen MR) is 85.5 cm³/mol.